The molecular weight excluding hydrogens is 330 g/mol. The van der Waals surface area contributed by atoms with Crippen LogP contribution in [-0.2, 0) is 0 Å². The summed E-state index contributed by atoms with van der Waals surface area (Å²) in [5, 5.41) is 7.39. The number of nitrogens with one attached hydrogen (secondary N) is 3. The highest BCUT2D eigenvalue weighted by Gasteiger charge is 2.28. The Kier molecular flexibility index (Phi) is 6.10. The van der Waals surface area contributed by atoms with Gasteiger partial charge in [-0.1, -0.05) is 17.7 Å². The van der Waals surface area contributed by atoms with Gasteiger partial charge < -0.3 is 20.0 Å². The van der Waals surface area contributed by atoms with Crippen molar-refractivity contribution in [3.8, 4) is 0 Å². The molecule has 5 heteroatoms. The van der Waals surface area contributed by atoms with Gasteiger partial charge in [0.25, 0.3) is 0 Å². The molecule has 0 saturated carbocycles. The summed E-state index contributed by atoms with van der Waals surface area (Å²) < 4.78 is 5.71. The Morgan fingerprint density at radius 1 is 1.20 bits per heavy atom. The van der Waals surface area contributed by atoms with E-state index in [0.717, 1.165) is 18.0 Å². The summed E-state index contributed by atoms with van der Waals surface area (Å²) in [6, 6.07) is 10.7. The van der Waals surface area contributed by atoms with Crippen LogP contribution in [0.1, 0.15) is 42.2 Å². The number of thiocarbonyl (C=S) groups is 1. The summed E-state index contributed by atoms with van der Waals surface area (Å²) in [5.41, 5.74) is 3.52. The Hall–Kier alpha value is -1.85. The van der Waals surface area contributed by atoms with Crippen molar-refractivity contribution in [2.24, 2.45) is 0 Å². The van der Waals surface area contributed by atoms with Gasteiger partial charge in [-0.25, -0.2) is 0 Å². The molecule has 0 aliphatic carbocycles. The molecule has 1 aliphatic heterocycles. The van der Waals surface area contributed by atoms with Crippen molar-refractivity contribution in [3.05, 3.63) is 53.5 Å². The third-order valence-corrected chi connectivity index (χ3v) is 5.22. The predicted octanol–water partition coefficient (Wildman–Crippen LogP) is 2.99. The number of piperidine rings is 1. The first-order valence-corrected chi connectivity index (χ1v) is 9.54. The van der Waals surface area contributed by atoms with E-state index in [0.29, 0.717) is 11.2 Å². The van der Waals surface area contributed by atoms with Crippen LogP contribution in [0.25, 0.3) is 0 Å². The molecule has 2 aromatic rings. The quantitative estimate of drug-likeness (QED) is 0.719. The predicted molar refractivity (Wildman–Crippen MR) is 106 cm³/mol. The fourth-order valence-corrected chi connectivity index (χ4v) is 3.80. The molecule has 1 aliphatic rings. The molecule has 3 N–H and O–H groups in total. The van der Waals surface area contributed by atoms with Gasteiger partial charge >= 0.3 is 0 Å². The smallest absolute Gasteiger partial charge is 0.171 e. The van der Waals surface area contributed by atoms with Crippen LogP contribution in [0.4, 0.5) is 5.69 Å². The molecule has 0 amide bonds. The number of anilines is 1. The maximum Gasteiger partial charge on any atom is 0.171 e. The van der Waals surface area contributed by atoms with Crippen LogP contribution in [0.15, 0.2) is 41.0 Å². The van der Waals surface area contributed by atoms with Gasteiger partial charge in [0.05, 0.1) is 25.9 Å². The first-order valence-electron chi connectivity index (χ1n) is 9.13. The standard InChI is InChI=1S/C20H27N3OS/c1-15-8-9-17(16(2)13-15)22-20(25)21-14-18(19-7-6-12-24-19)23-10-4-3-5-11-23/h6-9,12-13,18H,3-5,10-11,14H2,1-2H3,(H2,21,22,25)/p+1/t18-/m0/s1. The molecular formula is C20H28N3OS+. The summed E-state index contributed by atoms with van der Waals surface area (Å²) in [4.78, 5) is 1.59. The van der Waals surface area contributed by atoms with Crippen molar-refractivity contribution in [1.29, 1.82) is 0 Å². The van der Waals surface area contributed by atoms with Gasteiger partial charge in [0, 0.05) is 5.69 Å². The third-order valence-electron chi connectivity index (χ3n) is 4.97. The van der Waals surface area contributed by atoms with Gasteiger partial charge in [-0.15, -0.1) is 0 Å². The maximum atomic E-state index is 5.71. The molecule has 4 nitrogen and oxygen atoms in total. The van der Waals surface area contributed by atoms with Gasteiger partial charge in [-0.05, 0) is 69.1 Å². The van der Waals surface area contributed by atoms with Gasteiger partial charge in [0.15, 0.2) is 16.9 Å². The minimum absolute atomic E-state index is 0.300. The minimum Gasteiger partial charge on any atom is -0.463 e. The van der Waals surface area contributed by atoms with Crippen molar-refractivity contribution in [2.75, 3.05) is 25.0 Å². The largest absolute Gasteiger partial charge is 0.463 e. The monoisotopic (exact) mass is 358 g/mol. The van der Waals surface area contributed by atoms with Crippen LogP contribution in [0.3, 0.4) is 0 Å². The fourth-order valence-electron chi connectivity index (χ4n) is 3.61. The second-order valence-electron chi connectivity index (χ2n) is 6.94. The molecule has 1 aromatic carbocycles. The average molecular weight is 359 g/mol. The first-order chi connectivity index (χ1) is 12.1. The Morgan fingerprint density at radius 2 is 2.00 bits per heavy atom. The highest BCUT2D eigenvalue weighted by molar-refractivity contribution is 7.80. The molecule has 1 fully saturated rings. The number of hydrogen-bond donors (Lipinski definition) is 3. The van der Waals surface area contributed by atoms with E-state index in [-0.39, 0.29) is 0 Å². The third kappa shape index (κ3) is 4.83. The molecule has 134 valence electrons. The number of quaternary nitrogens is 1. The Bertz CT molecular complexity index is 693. The highest BCUT2D eigenvalue weighted by Crippen LogP contribution is 2.16. The summed E-state index contributed by atoms with van der Waals surface area (Å²) in [6.45, 7) is 7.37. The first kappa shape index (κ1) is 18.0. The highest BCUT2D eigenvalue weighted by atomic mass is 32.1. The zero-order chi connectivity index (χ0) is 17.6. The SMILES string of the molecule is Cc1ccc(NC(=S)NC[C@@H](c2ccco2)[NH+]2CCCCC2)c(C)c1. The minimum atomic E-state index is 0.300. The maximum absolute atomic E-state index is 5.71. The van der Waals surface area contributed by atoms with Crippen molar-refractivity contribution in [2.45, 2.75) is 39.2 Å². The lowest BCUT2D eigenvalue weighted by Crippen LogP contribution is -3.13. The number of benzene rings is 1. The van der Waals surface area contributed by atoms with Gasteiger partial charge in [0.1, 0.15) is 0 Å². The van der Waals surface area contributed by atoms with Crippen LogP contribution in [0, 0.1) is 13.8 Å². The molecule has 1 saturated heterocycles. The van der Waals surface area contributed by atoms with E-state index in [1.54, 1.807) is 11.2 Å². The fraction of sp³-hybridized carbons (Fsp3) is 0.450. The van der Waals surface area contributed by atoms with Gasteiger partial charge in [-0.3, -0.25) is 0 Å². The van der Waals surface area contributed by atoms with Crippen LogP contribution in [-0.4, -0.2) is 24.7 Å². The average Bonchev–Trinajstić information content (AvgIpc) is 3.13. The molecule has 0 spiro atoms. The number of aryl methyl sites for hydroxylation is 2. The van der Waals surface area contributed by atoms with E-state index in [1.165, 1.54) is 43.5 Å². The second kappa shape index (κ2) is 8.50. The molecule has 1 aromatic heterocycles. The summed E-state index contributed by atoms with van der Waals surface area (Å²) >= 11 is 5.52. The molecule has 0 radical (unpaired) electrons. The van der Waals surface area contributed by atoms with E-state index < -0.39 is 0 Å². The van der Waals surface area contributed by atoms with E-state index in [2.05, 4.69) is 48.7 Å². The summed E-state index contributed by atoms with van der Waals surface area (Å²) in [6.07, 6.45) is 5.68. The van der Waals surface area contributed by atoms with Gasteiger partial charge in [-0.2, -0.15) is 0 Å². The van der Waals surface area contributed by atoms with Crippen molar-refractivity contribution >= 4 is 23.0 Å². The number of rotatable bonds is 5. The molecule has 2 heterocycles. The number of hydrogen-bond acceptors (Lipinski definition) is 2. The molecule has 25 heavy (non-hydrogen) atoms. The molecule has 0 bridgehead atoms. The molecule has 3 rings (SSSR count). The lowest BCUT2D eigenvalue weighted by Gasteiger charge is -2.30. The van der Waals surface area contributed by atoms with Crippen molar-refractivity contribution in [3.63, 3.8) is 0 Å². The lowest BCUT2D eigenvalue weighted by molar-refractivity contribution is -0.936. The molecule has 0 unspecified atom stereocenters. The normalized spacial score (nSPS) is 16.4. The van der Waals surface area contributed by atoms with E-state index >= 15 is 0 Å². The van der Waals surface area contributed by atoms with Crippen molar-refractivity contribution in [1.82, 2.24) is 5.32 Å². The van der Waals surface area contributed by atoms with Crippen LogP contribution < -0.4 is 15.5 Å². The van der Waals surface area contributed by atoms with Crippen LogP contribution in [0.2, 0.25) is 0 Å². The zero-order valence-corrected chi connectivity index (χ0v) is 15.9. The Morgan fingerprint density at radius 3 is 2.68 bits per heavy atom. The van der Waals surface area contributed by atoms with Crippen LogP contribution in [0.5, 0.6) is 0 Å². The second-order valence-corrected chi connectivity index (χ2v) is 7.35. The van der Waals surface area contributed by atoms with Crippen molar-refractivity contribution < 1.29 is 9.32 Å². The number of furan rings is 1. The zero-order valence-electron chi connectivity index (χ0n) is 15.1. The number of likely N-dealkylation sites (tertiary alicyclic amines) is 1. The van der Waals surface area contributed by atoms with Gasteiger partial charge in [0.2, 0.25) is 0 Å². The van der Waals surface area contributed by atoms with E-state index in [1.807, 2.05) is 6.07 Å². The van der Waals surface area contributed by atoms with E-state index in [4.69, 9.17) is 16.6 Å². The van der Waals surface area contributed by atoms with Crippen LogP contribution >= 0.6 is 12.2 Å². The summed E-state index contributed by atoms with van der Waals surface area (Å²) in [5.74, 6) is 1.04. The topological polar surface area (TPSA) is 41.6 Å². The van der Waals surface area contributed by atoms with E-state index in [9.17, 15) is 0 Å². The summed E-state index contributed by atoms with van der Waals surface area (Å²) in [7, 11) is 0. The lowest BCUT2D eigenvalue weighted by atomic mass is 10.1. The Labute approximate surface area is 155 Å². The molecule has 1 atom stereocenters. The Balaban J connectivity index is 1.61.